The van der Waals surface area contributed by atoms with Crippen molar-refractivity contribution < 1.29 is 92.8 Å². The maximum atomic E-state index is 13.4. The SMILES string of the molecule is CCCCc1ccc(O)c(CN2c3ccccc3[C@]3(O)C[C@H](COC(C)=O)O[C@H]23)c1O.CCCCc1ccc(OC)c(CN2c3ccccc3[C@]3(O)CCO[C@H]23)c1OC.CCCCc1cnn(CC)c1C(=O)CN1c2ccccc2[C@]2(O)CCO[C@H]12.CCCCn1nccc1C(=O)CN1c2ccccc2[C@]2(O)CCO[C@H]12.CCn1ncc(CCC(C)C)c1C(=O)CN1c2ccccc2[C@]2(O)CCO[C@H]12. The molecule has 30 heteroatoms. The third-order valence-corrected chi connectivity index (χ3v) is 29.0. The highest BCUT2D eigenvalue weighted by atomic mass is 16.6. The molecular formula is C109H137N11O19. The summed E-state index contributed by atoms with van der Waals surface area (Å²) in [6, 6.07) is 48.0. The standard InChI is InChI=1S/C24H29NO6.C23H29NO4.C22H29N3O3.C21H27N3O3.C19H23N3O3/c1-3-4-7-16-10-11-21(27)18(22(16)28)13-25-20-9-6-5-8-19(20)24(29)12-17(31-23(24)25)14-30-15(2)26;1-4-5-8-16-11-12-20(26-2)17(21(16)27-3)15-24-19-10-7-6-9-18(19)23(25)13-14-28-22(23)24;1-4-25-20(16(13-23-25)10-9-15(2)3)19(26)14-24-18-8-6-5-7-17(18)22(27)11-12-28-21(22)24;1-3-5-8-15-13-22-24(4-2)19(15)18(25)14-23-17-10-7-6-9-16(17)21(26)11-12-27-20(21)23;1-2-3-11-22-16(8-10-20-22)17(23)13-21-15-7-5-4-6-14(15)19(24)9-12-25-18(19)21/h5-6,8-11,17,23,27-29H,3-4,7,12-14H2,1-2H3;6-7,9-12,22,25H,4-5,8,13-15H2,1-3H3;5-8,13,15,21,27H,4,9-12,14H2,1-3H3;6-7,9-10,13,20,26H,3-5,8,11-12,14H2,1-2H3;4-8,10,18,24H,2-3,9,11-13H2,1H3/t17-,23+,24-;22-,23+;21-,22+;20-,21+;18-,19+/m10000/s1. The smallest absolute Gasteiger partial charge is 0.302 e. The van der Waals surface area contributed by atoms with Crippen molar-refractivity contribution in [3.8, 4) is 23.0 Å². The van der Waals surface area contributed by atoms with E-state index in [9.17, 15) is 54.9 Å². The number of aromatic hydroxyl groups is 2. The van der Waals surface area contributed by atoms with Gasteiger partial charge in [0.15, 0.2) is 48.5 Å². The van der Waals surface area contributed by atoms with E-state index in [0.29, 0.717) is 100 Å². The van der Waals surface area contributed by atoms with Gasteiger partial charge >= 0.3 is 5.97 Å². The molecule has 139 heavy (non-hydrogen) atoms. The molecule has 10 aliphatic heterocycles. The lowest BCUT2D eigenvalue weighted by Crippen LogP contribution is -2.44. The molecule has 0 aliphatic carbocycles. The number of anilines is 5. The summed E-state index contributed by atoms with van der Waals surface area (Å²) in [6.07, 6.45) is 17.5. The van der Waals surface area contributed by atoms with Crippen LogP contribution in [0, 0.1) is 5.92 Å². The van der Waals surface area contributed by atoms with Gasteiger partial charge in [0.1, 0.15) is 74.7 Å². The van der Waals surface area contributed by atoms with Crippen LogP contribution in [-0.2, 0) is 120 Å². The number of aliphatic hydroxyl groups is 5. The maximum absolute atomic E-state index is 13.4. The molecular weight excluding hydrogens is 1770 g/mol. The number of phenols is 2. The zero-order chi connectivity index (χ0) is 98.2. The molecule has 742 valence electrons. The fourth-order valence-electron chi connectivity index (χ4n) is 21.9. The minimum Gasteiger partial charge on any atom is -0.507 e. The van der Waals surface area contributed by atoms with Crippen molar-refractivity contribution in [3.63, 3.8) is 0 Å². The van der Waals surface area contributed by atoms with Crippen molar-refractivity contribution in [1.82, 2.24) is 29.3 Å². The van der Waals surface area contributed by atoms with E-state index in [1.54, 1.807) is 52.7 Å². The van der Waals surface area contributed by atoms with E-state index >= 15 is 0 Å². The first-order valence-corrected chi connectivity index (χ1v) is 49.8. The largest absolute Gasteiger partial charge is 0.507 e. The number of unbranched alkanes of at least 4 members (excludes halogenated alkanes) is 4. The molecule has 5 fully saturated rings. The van der Waals surface area contributed by atoms with E-state index in [0.717, 1.165) is 180 Å². The maximum Gasteiger partial charge on any atom is 0.302 e. The topological polar surface area (TPSA) is 353 Å². The monoisotopic (exact) mass is 1900 g/mol. The Morgan fingerprint density at radius 1 is 0.439 bits per heavy atom. The van der Waals surface area contributed by atoms with Crippen LogP contribution >= 0.6 is 0 Å². The van der Waals surface area contributed by atoms with Gasteiger partial charge < -0.3 is 98.1 Å². The van der Waals surface area contributed by atoms with Crippen LogP contribution in [0.5, 0.6) is 23.0 Å². The number of rotatable bonds is 34. The van der Waals surface area contributed by atoms with Crippen molar-refractivity contribution in [2.45, 2.75) is 276 Å². The van der Waals surface area contributed by atoms with Crippen LogP contribution in [0.1, 0.15) is 245 Å². The van der Waals surface area contributed by atoms with E-state index < -0.39 is 71.2 Å². The number of esters is 1. The number of methoxy groups -OCH3 is 2. The first-order valence-electron chi connectivity index (χ1n) is 49.8. The summed E-state index contributed by atoms with van der Waals surface area (Å²) in [7, 11) is 3.40. The quantitative estimate of drug-likeness (QED) is 0.0145. The summed E-state index contributed by atoms with van der Waals surface area (Å²) in [6.45, 7) is 23.6. The Kier molecular flexibility index (Phi) is 31.3. The number of nitrogens with zero attached hydrogens (tertiary/aromatic N) is 11. The lowest BCUT2D eigenvalue weighted by molar-refractivity contribution is -0.145. The molecule has 20 rings (SSSR count). The molecule has 0 spiro atoms. The fraction of sp³-hybridized carbons (Fsp3) is 0.495. The predicted molar refractivity (Wildman–Crippen MR) is 528 cm³/mol. The molecule has 3 aromatic heterocycles. The van der Waals surface area contributed by atoms with Gasteiger partial charge in [-0.1, -0.05) is 170 Å². The Labute approximate surface area is 814 Å². The molecule has 30 nitrogen and oxygen atoms in total. The van der Waals surface area contributed by atoms with Crippen molar-refractivity contribution in [2.75, 3.05) is 91.4 Å². The van der Waals surface area contributed by atoms with Crippen LogP contribution in [0.4, 0.5) is 28.4 Å². The molecule has 0 unspecified atom stereocenters. The van der Waals surface area contributed by atoms with Gasteiger partial charge in [0.25, 0.3) is 0 Å². The molecule has 0 radical (unpaired) electrons. The average Bonchev–Trinajstić information content (AvgIpc) is 1.51. The molecule has 0 saturated carbocycles. The van der Waals surface area contributed by atoms with Crippen LogP contribution in [0.25, 0.3) is 0 Å². The van der Waals surface area contributed by atoms with Gasteiger partial charge in [-0.2, -0.15) is 15.3 Å². The van der Waals surface area contributed by atoms with E-state index in [1.807, 2.05) is 167 Å². The number of Topliss-reactive ketones (excluding diaryl/α,β-unsaturated/α-hetero) is 3. The first-order chi connectivity index (χ1) is 67.2. The molecule has 10 aliphatic rings. The van der Waals surface area contributed by atoms with Gasteiger partial charge in [-0.25, -0.2) is 0 Å². The number of carbonyl (C=O) groups excluding carboxylic acids is 4. The number of fused-ring (bicyclic) bond motifs is 15. The predicted octanol–water partition coefficient (Wildman–Crippen LogP) is 15.7. The second kappa shape index (κ2) is 43.3. The number of phenolic OH excluding ortho intramolecular Hbond substituents is 2. The Morgan fingerprint density at radius 3 is 1.28 bits per heavy atom. The number of carbonyl (C=O) groups is 4. The third-order valence-electron chi connectivity index (χ3n) is 29.0. The summed E-state index contributed by atoms with van der Waals surface area (Å²) in [5.41, 5.74) is 10.7. The lowest BCUT2D eigenvalue weighted by Gasteiger charge is -2.30. The number of hydrogen-bond donors (Lipinski definition) is 7. The number of hydrogen-bond acceptors (Lipinski definition) is 27. The highest BCUT2D eigenvalue weighted by molar-refractivity contribution is 6.01. The van der Waals surface area contributed by atoms with E-state index in [-0.39, 0.29) is 68.1 Å². The van der Waals surface area contributed by atoms with E-state index in [4.69, 9.17) is 37.9 Å². The number of ketones is 3. The summed E-state index contributed by atoms with van der Waals surface area (Å²) < 4.78 is 51.6. The van der Waals surface area contributed by atoms with E-state index in [1.165, 1.54) is 12.5 Å². The molecule has 11 atom stereocenters. The Balaban J connectivity index is 0.000000126. The zero-order valence-electron chi connectivity index (χ0n) is 82.1. The normalized spacial score (nSPS) is 23.6. The first kappa shape index (κ1) is 100. The number of ether oxygens (including phenoxy) is 8. The number of para-hydroxylation sites is 5. The van der Waals surface area contributed by atoms with Crippen LogP contribution in [0.3, 0.4) is 0 Å². The minimum absolute atomic E-state index is 0.000120. The second-order valence-corrected chi connectivity index (χ2v) is 38.3. The summed E-state index contributed by atoms with van der Waals surface area (Å²) >= 11 is 0. The number of aryl methyl sites for hydroxylation is 7. The van der Waals surface area contributed by atoms with Crippen LogP contribution < -0.4 is 34.0 Å². The summed E-state index contributed by atoms with van der Waals surface area (Å²) in [4.78, 5) is 60.5. The van der Waals surface area contributed by atoms with Gasteiger partial charge in [0, 0.05) is 132 Å². The van der Waals surface area contributed by atoms with Crippen molar-refractivity contribution in [3.05, 3.63) is 249 Å². The minimum atomic E-state index is -1.27. The molecule has 0 amide bonds. The Hall–Kier alpha value is -11.6. The molecule has 7 N–H and O–H groups in total. The summed E-state index contributed by atoms with van der Waals surface area (Å²) in [5.74, 6) is 1.95. The zero-order valence-corrected chi connectivity index (χ0v) is 82.1. The molecule has 5 saturated heterocycles. The number of benzene rings is 7. The van der Waals surface area contributed by atoms with Gasteiger partial charge in [-0.05, 0) is 137 Å². The van der Waals surface area contributed by atoms with Gasteiger partial charge in [-0.15, -0.1) is 0 Å². The average molecular weight is 1910 g/mol. The highest BCUT2D eigenvalue weighted by Crippen LogP contribution is 2.57. The lowest BCUT2D eigenvalue weighted by atomic mass is 9.91. The van der Waals surface area contributed by atoms with Gasteiger partial charge in [0.2, 0.25) is 0 Å². The van der Waals surface area contributed by atoms with Crippen molar-refractivity contribution >= 4 is 51.8 Å². The molecule has 10 aromatic rings. The van der Waals surface area contributed by atoms with Crippen LogP contribution in [-0.4, -0.2) is 193 Å². The molecule has 7 aromatic carbocycles. The van der Waals surface area contributed by atoms with Crippen LogP contribution in [0.15, 0.2) is 170 Å². The third kappa shape index (κ3) is 19.6. The Bertz CT molecular complexity index is 6000. The van der Waals surface area contributed by atoms with E-state index in [2.05, 4.69) is 73.9 Å². The van der Waals surface area contributed by atoms with Crippen LogP contribution in [0.2, 0.25) is 0 Å². The molecule has 13 heterocycles. The van der Waals surface area contributed by atoms with Gasteiger partial charge in [0.05, 0.1) is 103 Å². The summed E-state index contributed by atoms with van der Waals surface area (Å²) in [5, 5.41) is 90.8. The fourth-order valence-corrected chi connectivity index (χ4v) is 21.9. The van der Waals surface area contributed by atoms with Gasteiger partial charge in [-0.3, -0.25) is 33.2 Å². The Morgan fingerprint density at radius 2 is 0.842 bits per heavy atom. The number of aromatic nitrogens is 6. The highest BCUT2D eigenvalue weighted by Gasteiger charge is 2.61. The molecule has 0 bridgehead atoms. The second-order valence-electron chi connectivity index (χ2n) is 38.3. The van der Waals surface area contributed by atoms with Crippen molar-refractivity contribution in [2.24, 2.45) is 5.92 Å². The van der Waals surface area contributed by atoms with Crippen molar-refractivity contribution in [1.29, 1.82) is 0 Å².